The Morgan fingerprint density at radius 3 is 2.75 bits per heavy atom. The number of anilines is 1. The molecule has 0 saturated heterocycles. The second-order valence-corrected chi connectivity index (χ2v) is 4.14. The number of nitrogens with zero attached hydrogens (tertiary/aromatic N) is 2. The molecule has 0 aliphatic rings. The molecule has 2 heterocycles. The third-order valence-electron chi connectivity index (χ3n) is 2.85. The van der Waals surface area contributed by atoms with Crippen molar-refractivity contribution in [1.82, 2.24) is 10.1 Å². The molecule has 0 bridgehead atoms. The summed E-state index contributed by atoms with van der Waals surface area (Å²) in [6.45, 7) is 0. The van der Waals surface area contributed by atoms with E-state index in [0.29, 0.717) is 11.1 Å². The molecule has 0 unspecified atom stereocenters. The van der Waals surface area contributed by atoms with Gasteiger partial charge in [-0.3, -0.25) is 4.98 Å². The molecule has 3 aromatic rings. The highest BCUT2D eigenvalue weighted by atomic mass is 19.1. The molecule has 6 heteroatoms. The maximum absolute atomic E-state index is 13.9. The summed E-state index contributed by atoms with van der Waals surface area (Å²) in [6.07, 6.45) is 3.14. The van der Waals surface area contributed by atoms with Crippen LogP contribution in [0.3, 0.4) is 0 Å². The summed E-state index contributed by atoms with van der Waals surface area (Å²) < 4.78 is 32.1. The zero-order chi connectivity index (χ0) is 14.1. The van der Waals surface area contributed by atoms with Crippen LogP contribution < -0.4 is 5.73 Å². The van der Waals surface area contributed by atoms with Crippen LogP contribution in [-0.2, 0) is 0 Å². The predicted molar refractivity (Wildman–Crippen MR) is 69.5 cm³/mol. The number of hydrogen-bond donors (Lipinski definition) is 1. The van der Waals surface area contributed by atoms with E-state index in [1.54, 1.807) is 24.5 Å². The van der Waals surface area contributed by atoms with Crippen molar-refractivity contribution in [1.29, 1.82) is 0 Å². The molecule has 0 atom stereocenters. The summed E-state index contributed by atoms with van der Waals surface area (Å²) in [5.74, 6) is -1.15. The number of rotatable bonds is 2. The highest BCUT2D eigenvalue weighted by Crippen LogP contribution is 2.36. The Morgan fingerprint density at radius 1 is 1.15 bits per heavy atom. The van der Waals surface area contributed by atoms with Crippen molar-refractivity contribution in [2.45, 2.75) is 0 Å². The zero-order valence-corrected chi connectivity index (χ0v) is 10.2. The van der Waals surface area contributed by atoms with Crippen molar-refractivity contribution in [3.8, 4) is 22.4 Å². The van der Waals surface area contributed by atoms with Gasteiger partial charge in [-0.1, -0.05) is 11.2 Å². The van der Waals surface area contributed by atoms with Gasteiger partial charge in [0.15, 0.2) is 0 Å². The molecule has 0 amide bonds. The van der Waals surface area contributed by atoms with Crippen molar-refractivity contribution in [3.05, 3.63) is 54.4 Å². The average molecular weight is 273 g/mol. The Labute approximate surface area is 112 Å². The second kappa shape index (κ2) is 4.73. The number of pyridine rings is 1. The topological polar surface area (TPSA) is 64.9 Å². The Balaban J connectivity index is 2.24. The predicted octanol–water partition coefficient (Wildman–Crippen LogP) is 3.26. The minimum absolute atomic E-state index is 0.00990. The summed E-state index contributed by atoms with van der Waals surface area (Å²) in [5, 5.41) is 3.73. The van der Waals surface area contributed by atoms with Gasteiger partial charge in [0.1, 0.15) is 17.3 Å². The fourth-order valence-electron chi connectivity index (χ4n) is 1.96. The van der Waals surface area contributed by atoms with Crippen LogP contribution in [0.2, 0.25) is 0 Å². The fourth-order valence-corrected chi connectivity index (χ4v) is 1.96. The van der Waals surface area contributed by atoms with E-state index < -0.39 is 11.6 Å². The Morgan fingerprint density at radius 2 is 2.00 bits per heavy atom. The summed E-state index contributed by atoms with van der Waals surface area (Å²) in [4.78, 5) is 3.96. The molecule has 0 fully saturated rings. The van der Waals surface area contributed by atoms with Crippen LogP contribution in [0.25, 0.3) is 22.4 Å². The summed E-state index contributed by atoms with van der Waals surface area (Å²) in [5.41, 5.74) is 6.87. The first-order chi connectivity index (χ1) is 9.66. The van der Waals surface area contributed by atoms with Gasteiger partial charge >= 0.3 is 0 Å². The highest BCUT2D eigenvalue weighted by Gasteiger charge is 2.20. The van der Waals surface area contributed by atoms with Crippen LogP contribution in [0.15, 0.2) is 47.2 Å². The Kier molecular flexibility index (Phi) is 2.90. The molecule has 0 spiro atoms. The van der Waals surface area contributed by atoms with Gasteiger partial charge in [-0.05, 0) is 24.3 Å². The molecule has 0 saturated carbocycles. The average Bonchev–Trinajstić information content (AvgIpc) is 2.84. The van der Waals surface area contributed by atoms with Crippen LogP contribution in [0.4, 0.5) is 14.7 Å². The molecule has 100 valence electrons. The van der Waals surface area contributed by atoms with Gasteiger partial charge < -0.3 is 10.3 Å². The number of nitrogens with two attached hydrogens (primary N) is 1. The fraction of sp³-hybridized carbons (Fsp3) is 0. The van der Waals surface area contributed by atoms with E-state index in [0.717, 1.165) is 18.2 Å². The van der Waals surface area contributed by atoms with Gasteiger partial charge in [0.05, 0.1) is 5.56 Å². The molecule has 2 aromatic heterocycles. The van der Waals surface area contributed by atoms with Crippen molar-refractivity contribution in [2.24, 2.45) is 0 Å². The summed E-state index contributed by atoms with van der Waals surface area (Å²) >= 11 is 0. The maximum atomic E-state index is 13.9. The van der Waals surface area contributed by atoms with Gasteiger partial charge in [-0.15, -0.1) is 0 Å². The Hall–Kier alpha value is -2.76. The molecule has 2 N–H and O–H groups in total. The third kappa shape index (κ3) is 2.01. The van der Waals surface area contributed by atoms with E-state index >= 15 is 0 Å². The molecular weight excluding hydrogens is 264 g/mol. The van der Waals surface area contributed by atoms with Gasteiger partial charge in [-0.2, -0.15) is 0 Å². The minimum atomic E-state index is -0.607. The maximum Gasteiger partial charge on any atom is 0.230 e. The highest BCUT2D eigenvalue weighted by molar-refractivity contribution is 5.86. The summed E-state index contributed by atoms with van der Waals surface area (Å²) in [6, 6.07) is 6.55. The molecule has 3 rings (SSSR count). The van der Waals surface area contributed by atoms with Gasteiger partial charge in [0.25, 0.3) is 0 Å². The monoisotopic (exact) mass is 273 g/mol. The lowest BCUT2D eigenvalue weighted by molar-refractivity contribution is 0.439. The standard InChI is InChI=1S/C14H9F2N3O/c15-9-3-4-11(16)10(6-9)13-12(14(17)20-19-13)8-2-1-5-18-7-8/h1-7H,17H2. The molecule has 0 aliphatic heterocycles. The quantitative estimate of drug-likeness (QED) is 0.778. The number of benzene rings is 1. The van der Waals surface area contributed by atoms with Crippen molar-refractivity contribution in [3.63, 3.8) is 0 Å². The first-order valence-corrected chi connectivity index (χ1v) is 5.78. The Bertz CT molecular complexity index is 756. The normalized spacial score (nSPS) is 10.7. The van der Waals surface area contributed by atoms with Crippen molar-refractivity contribution in [2.75, 3.05) is 5.73 Å². The van der Waals surface area contributed by atoms with Crippen LogP contribution in [-0.4, -0.2) is 10.1 Å². The lowest BCUT2D eigenvalue weighted by atomic mass is 10.0. The van der Waals surface area contributed by atoms with Crippen LogP contribution >= 0.6 is 0 Å². The number of hydrogen-bond acceptors (Lipinski definition) is 4. The van der Waals surface area contributed by atoms with Crippen molar-refractivity contribution >= 4 is 5.88 Å². The zero-order valence-electron chi connectivity index (χ0n) is 10.2. The molecule has 4 nitrogen and oxygen atoms in total. The van der Waals surface area contributed by atoms with E-state index in [1.807, 2.05) is 0 Å². The van der Waals surface area contributed by atoms with Crippen LogP contribution in [0.1, 0.15) is 0 Å². The lowest BCUT2D eigenvalue weighted by Gasteiger charge is -2.03. The van der Waals surface area contributed by atoms with Crippen LogP contribution in [0.5, 0.6) is 0 Å². The third-order valence-corrected chi connectivity index (χ3v) is 2.85. The lowest BCUT2D eigenvalue weighted by Crippen LogP contribution is -1.91. The van der Waals surface area contributed by atoms with E-state index in [9.17, 15) is 8.78 Å². The minimum Gasteiger partial charge on any atom is -0.367 e. The van der Waals surface area contributed by atoms with Crippen molar-refractivity contribution < 1.29 is 13.3 Å². The molecule has 1 aromatic carbocycles. The van der Waals surface area contributed by atoms with E-state index in [-0.39, 0.29) is 17.1 Å². The molecule has 0 aliphatic carbocycles. The SMILES string of the molecule is Nc1onc(-c2cc(F)ccc2F)c1-c1cccnc1. The molecular formula is C14H9F2N3O. The first-order valence-electron chi connectivity index (χ1n) is 5.78. The largest absolute Gasteiger partial charge is 0.367 e. The van der Waals surface area contributed by atoms with Gasteiger partial charge in [0.2, 0.25) is 5.88 Å². The second-order valence-electron chi connectivity index (χ2n) is 4.14. The number of halogens is 2. The smallest absolute Gasteiger partial charge is 0.230 e. The first kappa shape index (κ1) is 12.3. The molecule has 20 heavy (non-hydrogen) atoms. The van der Waals surface area contributed by atoms with E-state index in [4.69, 9.17) is 10.3 Å². The van der Waals surface area contributed by atoms with E-state index in [2.05, 4.69) is 10.1 Å². The van der Waals surface area contributed by atoms with Gasteiger partial charge in [-0.25, -0.2) is 8.78 Å². The number of nitrogen functional groups attached to an aromatic ring is 1. The summed E-state index contributed by atoms with van der Waals surface area (Å²) in [7, 11) is 0. The van der Waals surface area contributed by atoms with Gasteiger partial charge in [0, 0.05) is 23.5 Å². The number of aromatic nitrogens is 2. The van der Waals surface area contributed by atoms with Crippen LogP contribution in [0, 0.1) is 11.6 Å². The molecule has 0 radical (unpaired) electrons. The van der Waals surface area contributed by atoms with E-state index in [1.165, 1.54) is 0 Å².